The summed E-state index contributed by atoms with van der Waals surface area (Å²) in [5.74, 6) is -0.669. The summed E-state index contributed by atoms with van der Waals surface area (Å²) in [6.45, 7) is 0.197. The third-order valence-electron chi connectivity index (χ3n) is 2.91. The lowest BCUT2D eigenvalue weighted by Gasteiger charge is -2.31. The molecular weight excluding hydrogens is 247 g/mol. The second-order valence-electron chi connectivity index (χ2n) is 4.16. The number of nitrogens with zero attached hydrogens (tertiary/aromatic N) is 1. The summed E-state index contributed by atoms with van der Waals surface area (Å²) >= 11 is 0. The Balaban J connectivity index is 2.42. The van der Waals surface area contributed by atoms with Crippen LogP contribution in [0.3, 0.4) is 0 Å². The Morgan fingerprint density at radius 1 is 1.28 bits per heavy atom. The van der Waals surface area contributed by atoms with Gasteiger partial charge in [-0.05, 0) is 25.0 Å². The molecule has 1 aliphatic heterocycles. The Morgan fingerprint density at radius 3 is 2.61 bits per heavy atom. The summed E-state index contributed by atoms with van der Waals surface area (Å²) in [5, 5.41) is 9.43. The second kappa shape index (κ2) is 4.61. The van der Waals surface area contributed by atoms with E-state index in [0.717, 1.165) is 11.0 Å². The number of halogens is 3. The maximum Gasteiger partial charge on any atom is 0.418 e. The molecule has 1 heterocycles. The van der Waals surface area contributed by atoms with Crippen LogP contribution in [0.5, 0.6) is 0 Å². The van der Waals surface area contributed by atoms with E-state index in [1.165, 1.54) is 18.2 Å². The number of anilines is 1. The zero-order valence-corrected chi connectivity index (χ0v) is 9.44. The Kier molecular flexibility index (Phi) is 3.30. The van der Waals surface area contributed by atoms with Gasteiger partial charge in [0.1, 0.15) is 6.10 Å². The molecule has 0 aliphatic carbocycles. The first-order chi connectivity index (χ1) is 8.41. The first-order valence-electron chi connectivity index (χ1n) is 5.57. The summed E-state index contributed by atoms with van der Waals surface area (Å²) in [5.41, 5.74) is -1.04. The van der Waals surface area contributed by atoms with Gasteiger partial charge in [0.2, 0.25) is 0 Å². The average molecular weight is 259 g/mol. The summed E-state index contributed by atoms with van der Waals surface area (Å²) < 4.78 is 38.5. The fourth-order valence-corrected chi connectivity index (χ4v) is 2.04. The van der Waals surface area contributed by atoms with Crippen molar-refractivity contribution in [3.8, 4) is 0 Å². The van der Waals surface area contributed by atoms with Crippen molar-refractivity contribution in [2.24, 2.45) is 0 Å². The van der Waals surface area contributed by atoms with Crippen LogP contribution in [-0.4, -0.2) is 23.7 Å². The lowest BCUT2D eigenvalue weighted by atomic mass is 10.0. The van der Waals surface area contributed by atoms with Crippen molar-refractivity contribution in [1.29, 1.82) is 0 Å². The van der Waals surface area contributed by atoms with E-state index >= 15 is 0 Å². The van der Waals surface area contributed by atoms with Crippen molar-refractivity contribution >= 4 is 11.6 Å². The molecule has 1 aromatic rings. The predicted molar refractivity (Wildman–Crippen MR) is 59.0 cm³/mol. The molecule has 1 unspecified atom stereocenters. The fourth-order valence-electron chi connectivity index (χ4n) is 2.04. The third kappa shape index (κ3) is 2.33. The van der Waals surface area contributed by atoms with Crippen molar-refractivity contribution in [3.05, 3.63) is 29.8 Å². The molecule has 0 saturated carbocycles. The van der Waals surface area contributed by atoms with E-state index in [9.17, 15) is 23.1 Å². The lowest BCUT2D eigenvalue weighted by molar-refractivity contribution is -0.137. The standard InChI is InChI=1S/C12H12F3NO2/c13-12(14,15)8-4-1-2-5-9(8)16-7-3-6-10(17)11(16)18/h1-2,4-5,10,17H,3,6-7H2. The maximum absolute atomic E-state index is 12.8. The second-order valence-corrected chi connectivity index (χ2v) is 4.16. The molecule has 1 N–H and O–H groups in total. The molecule has 1 aromatic carbocycles. The Labute approximate surface area is 102 Å². The van der Waals surface area contributed by atoms with Crippen LogP contribution >= 0.6 is 0 Å². The molecule has 2 rings (SSSR count). The van der Waals surface area contributed by atoms with Crippen LogP contribution in [0.1, 0.15) is 18.4 Å². The topological polar surface area (TPSA) is 40.5 Å². The van der Waals surface area contributed by atoms with Gasteiger partial charge in [0.15, 0.2) is 0 Å². The van der Waals surface area contributed by atoms with E-state index in [4.69, 9.17) is 0 Å². The molecule has 6 heteroatoms. The van der Waals surface area contributed by atoms with Crippen molar-refractivity contribution in [3.63, 3.8) is 0 Å². The van der Waals surface area contributed by atoms with Crippen LogP contribution in [0, 0.1) is 0 Å². The molecule has 0 spiro atoms. The van der Waals surface area contributed by atoms with Gasteiger partial charge in [-0.2, -0.15) is 13.2 Å². The van der Waals surface area contributed by atoms with E-state index in [1.807, 2.05) is 0 Å². The molecule has 98 valence electrons. The summed E-state index contributed by atoms with van der Waals surface area (Å²) in [6.07, 6.45) is -4.94. The summed E-state index contributed by atoms with van der Waals surface area (Å²) in [4.78, 5) is 12.7. The first kappa shape index (κ1) is 12.9. The van der Waals surface area contributed by atoms with Crippen LogP contribution in [0.15, 0.2) is 24.3 Å². The number of aliphatic hydroxyl groups excluding tert-OH is 1. The van der Waals surface area contributed by atoms with Crippen molar-refractivity contribution < 1.29 is 23.1 Å². The number of hydrogen-bond acceptors (Lipinski definition) is 2. The van der Waals surface area contributed by atoms with Gasteiger partial charge < -0.3 is 10.0 Å². The number of carbonyl (C=O) groups excluding carboxylic acids is 1. The van der Waals surface area contributed by atoms with Gasteiger partial charge in [-0.15, -0.1) is 0 Å². The highest BCUT2D eigenvalue weighted by Gasteiger charge is 2.37. The quantitative estimate of drug-likeness (QED) is 0.839. The molecule has 1 aliphatic rings. The fraction of sp³-hybridized carbons (Fsp3) is 0.417. The number of carbonyl (C=O) groups is 1. The number of aliphatic hydroxyl groups is 1. The van der Waals surface area contributed by atoms with Gasteiger partial charge in [0.05, 0.1) is 11.3 Å². The highest BCUT2D eigenvalue weighted by atomic mass is 19.4. The van der Waals surface area contributed by atoms with E-state index in [-0.39, 0.29) is 12.2 Å². The van der Waals surface area contributed by atoms with Gasteiger partial charge >= 0.3 is 6.18 Å². The monoisotopic (exact) mass is 259 g/mol. The van der Waals surface area contributed by atoms with Gasteiger partial charge in [0, 0.05) is 6.54 Å². The van der Waals surface area contributed by atoms with Crippen LogP contribution < -0.4 is 4.90 Å². The zero-order valence-electron chi connectivity index (χ0n) is 9.44. The molecule has 3 nitrogen and oxygen atoms in total. The molecule has 0 aromatic heterocycles. The predicted octanol–water partition coefficient (Wildman–Crippen LogP) is 2.19. The van der Waals surface area contributed by atoms with E-state index in [2.05, 4.69) is 0 Å². The van der Waals surface area contributed by atoms with Crippen LogP contribution in [-0.2, 0) is 11.0 Å². The van der Waals surface area contributed by atoms with Crippen molar-refractivity contribution in [2.75, 3.05) is 11.4 Å². The summed E-state index contributed by atoms with van der Waals surface area (Å²) in [6, 6.07) is 4.90. The normalized spacial score (nSPS) is 21.2. The van der Waals surface area contributed by atoms with E-state index in [0.29, 0.717) is 12.8 Å². The minimum atomic E-state index is -4.51. The summed E-state index contributed by atoms with van der Waals surface area (Å²) in [7, 11) is 0. The number of alkyl halides is 3. The maximum atomic E-state index is 12.8. The van der Waals surface area contributed by atoms with Gasteiger partial charge in [-0.1, -0.05) is 12.1 Å². The highest BCUT2D eigenvalue weighted by Crippen LogP contribution is 2.37. The van der Waals surface area contributed by atoms with Gasteiger partial charge in [-0.25, -0.2) is 0 Å². The van der Waals surface area contributed by atoms with Gasteiger partial charge in [-0.3, -0.25) is 4.79 Å². The number of amides is 1. The minimum Gasteiger partial charge on any atom is -0.383 e. The lowest BCUT2D eigenvalue weighted by Crippen LogP contribution is -2.45. The number of rotatable bonds is 1. The molecule has 1 amide bonds. The Bertz CT molecular complexity index is 459. The van der Waals surface area contributed by atoms with Crippen molar-refractivity contribution in [2.45, 2.75) is 25.1 Å². The zero-order chi connectivity index (χ0) is 13.3. The molecule has 0 bridgehead atoms. The third-order valence-corrected chi connectivity index (χ3v) is 2.91. The molecule has 0 radical (unpaired) electrons. The number of piperidine rings is 1. The first-order valence-corrected chi connectivity index (χ1v) is 5.57. The van der Waals surface area contributed by atoms with Crippen LogP contribution in [0.4, 0.5) is 18.9 Å². The Morgan fingerprint density at radius 2 is 1.94 bits per heavy atom. The molecule has 18 heavy (non-hydrogen) atoms. The average Bonchev–Trinajstić information content (AvgIpc) is 2.32. The Hall–Kier alpha value is -1.56. The van der Waals surface area contributed by atoms with E-state index < -0.39 is 23.8 Å². The number of benzene rings is 1. The molecule has 1 saturated heterocycles. The van der Waals surface area contributed by atoms with Crippen LogP contribution in [0.2, 0.25) is 0 Å². The largest absolute Gasteiger partial charge is 0.418 e. The van der Waals surface area contributed by atoms with Gasteiger partial charge in [0.25, 0.3) is 5.91 Å². The smallest absolute Gasteiger partial charge is 0.383 e. The van der Waals surface area contributed by atoms with Crippen molar-refractivity contribution in [1.82, 2.24) is 0 Å². The highest BCUT2D eigenvalue weighted by molar-refractivity contribution is 5.97. The molecular formula is C12H12F3NO2. The van der Waals surface area contributed by atoms with Crippen LogP contribution in [0.25, 0.3) is 0 Å². The molecule has 1 fully saturated rings. The number of hydrogen-bond donors (Lipinski definition) is 1. The SMILES string of the molecule is O=C1C(O)CCCN1c1ccccc1C(F)(F)F. The minimum absolute atomic E-state index is 0.186. The van der Waals surface area contributed by atoms with E-state index in [1.54, 1.807) is 0 Å². The molecule has 1 atom stereocenters. The number of para-hydroxylation sites is 1.